The molecule has 0 fully saturated rings. The van der Waals surface area contributed by atoms with Crippen LogP contribution in [-0.4, -0.2) is 9.97 Å². The van der Waals surface area contributed by atoms with Crippen LogP contribution in [0.5, 0.6) is 11.5 Å². The van der Waals surface area contributed by atoms with Crippen LogP contribution in [-0.2, 0) is 6.18 Å². The van der Waals surface area contributed by atoms with Crippen molar-refractivity contribution < 1.29 is 17.9 Å². The zero-order valence-corrected chi connectivity index (χ0v) is 12.5. The van der Waals surface area contributed by atoms with Crippen LogP contribution in [0.3, 0.4) is 0 Å². The fourth-order valence-corrected chi connectivity index (χ4v) is 2.21. The Hall–Kier alpha value is -2.74. The van der Waals surface area contributed by atoms with E-state index in [1.807, 2.05) is 0 Å². The minimum atomic E-state index is -4.72. The summed E-state index contributed by atoms with van der Waals surface area (Å²) in [6.45, 7) is 0. The van der Waals surface area contributed by atoms with Gasteiger partial charge in [0.05, 0.1) is 11.0 Å². The molecular formula is C15H8ClF3N2O3. The molecular weight excluding hydrogens is 349 g/mol. The Morgan fingerprint density at radius 3 is 2.00 bits per heavy atom. The van der Waals surface area contributed by atoms with Crippen LogP contribution >= 0.6 is 11.6 Å². The number of hydrogen-bond acceptors (Lipinski definition) is 3. The molecule has 1 heterocycles. The predicted octanol–water partition coefficient (Wildman–Crippen LogP) is 3.68. The van der Waals surface area contributed by atoms with E-state index >= 15 is 0 Å². The summed E-state index contributed by atoms with van der Waals surface area (Å²) in [5, 5.41) is 0.402. The number of H-pyrrole nitrogens is 2. The number of fused-ring (bicyclic) bond motifs is 1. The Morgan fingerprint density at radius 2 is 1.46 bits per heavy atom. The quantitative estimate of drug-likeness (QED) is 0.688. The molecule has 0 radical (unpaired) electrons. The number of alkyl halides is 3. The van der Waals surface area contributed by atoms with Gasteiger partial charge in [-0.05, 0) is 30.3 Å². The van der Waals surface area contributed by atoms with Crippen LogP contribution in [0, 0.1) is 0 Å². The third kappa shape index (κ3) is 3.13. The van der Waals surface area contributed by atoms with Crippen LogP contribution in [0.25, 0.3) is 11.0 Å². The second-order valence-electron chi connectivity index (χ2n) is 4.86. The molecule has 124 valence electrons. The molecule has 0 aliphatic carbocycles. The molecule has 0 unspecified atom stereocenters. The second kappa shape index (κ2) is 5.72. The molecule has 0 saturated carbocycles. The molecule has 0 atom stereocenters. The smallest absolute Gasteiger partial charge is 0.420 e. The van der Waals surface area contributed by atoms with Crippen molar-refractivity contribution in [3.63, 3.8) is 0 Å². The van der Waals surface area contributed by atoms with Crippen LogP contribution in [0.4, 0.5) is 13.2 Å². The van der Waals surface area contributed by atoms with Gasteiger partial charge in [0.1, 0.15) is 17.1 Å². The SMILES string of the molecule is O=c1[nH]c2cc(Oc3ccc(Cl)cc3)c(C(F)(F)F)cc2[nH]c1=O. The summed E-state index contributed by atoms with van der Waals surface area (Å²) < 4.78 is 45.1. The molecule has 0 saturated heterocycles. The Morgan fingerprint density at radius 1 is 0.917 bits per heavy atom. The molecule has 1 aromatic heterocycles. The zero-order chi connectivity index (χ0) is 17.5. The van der Waals surface area contributed by atoms with Gasteiger partial charge >= 0.3 is 17.3 Å². The van der Waals surface area contributed by atoms with E-state index in [1.54, 1.807) is 0 Å². The number of ether oxygens (including phenoxy) is 1. The summed E-state index contributed by atoms with van der Waals surface area (Å²) in [5.74, 6) is -0.379. The molecule has 2 aromatic carbocycles. The number of rotatable bonds is 2. The van der Waals surface area contributed by atoms with Gasteiger partial charge in [0.15, 0.2) is 0 Å². The van der Waals surface area contributed by atoms with Gasteiger partial charge in [-0.15, -0.1) is 0 Å². The molecule has 24 heavy (non-hydrogen) atoms. The lowest BCUT2D eigenvalue weighted by Gasteiger charge is -2.14. The molecule has 9 heteroatoms. The lowest BCUT2D eigenvalue weighted by atomic mass is 10.1. The van der Waals surface area contributed by atoms with E-state index in [4.69, 9.17) is 16.3 Å². The minimum absolute atomic E-state index is 0.0107. The summed E-state index contributed by atoms with van der Waals surface area (Å²) in [5.41, 5.74) is -3.25. The Labute approximate surface area is 136 Å². The number of aromatic amines is 2. The van der Waals surface area contributed by atoms with Gasteiger partial charge in [-0.25, -0.2) is 0 Å². The number of benzene rings is 2. The Bertz CT molecular complexity index is 1020. The van der Waals surface area contributed by atoms with Crippen molar-refractivity contribution in [3.8, 4) is 11.5 Å². The van der Waals surface area contributed by atoms with Crippen molar-refractivity contribution in [2.75, 3.05) is 0 Å². The number of hydrogen-bond donors (Lipinski definition) is 2. The maximum atomic E-state index is 13.3. The van der Waals surface area contributed by atoms with E-state index in [1.165, 1.54) is 24.3 Å². The van der Waals surface area contributed by atoms with E-state index < -0.39 is 28.6 Å². The topological polar surface area (TPSA) is 75.0 Å². The third-order valence-corrected chi connectivity index (χ3v) is 3.42. The van der Waals surface area contributed by atoms with Crippen LogP contribution in [0.1, 0.15) is 5.56 Å². The van der Waals surface area contributed by atoms with Crippen molar-refractivity contribution in [1.82, 2.24) is 9.97 Å². The molecule has 2 N–H and O–H groups in total. The lowest BCUT2D eigenvalue weighted by Crippen LogP contribution is -2.29. The Kier molecular flexibility index (Phi) is 3.84. The first kappa shape index (κ1) is 16.1. The molecule has 0 aliphatic heterocycles. The van der Waals surface area contributed by atoms with Gasteiger partial charge in [0.25, 0.3) is 0 Å². The van der Waals surface area contributed by atoms with E-state index in [2.05, 4.69) is 9.97 Å². The average Bonchev–Trinajstić information content (AvgIpc) is 2.49. The monoisotopic (exact) mass is 356 g/mol. The van der Waals surface area contributed by atoms with E-state index in [0.29, 0.717) is 11.1 Å². The minimum Gasteiger partial charge on any atom is -0.457 e. The molecule has 0 aliphatic rings. The lowest BCUT2D eigenvalue weighted by molar-refractivity contribution is -0.138. The van der Waals surface area contributed by atoms with E-state index in [-0.39, 0.29) is 16.8 Å². The molecule has 0 bridgehead atoms. The summed E-state index contributed by atoms with van der Waals surface area (Å²) in [7, 11) is 0. The van der Waals surface area contributed by atoms with Crippen molar-refractivity contribution in [2.24, 2.45) is 0 Å². The normalized spacial score (nSPS) is 11.7. The fourth-order valence-electron chi connectivity index (χ4n) is 2.08. The highest BCUT2D eigenvalue weighted by atomic mass is 35.5. The summed E-state index contributed by atoms with van der Waals surface area (Å²) >= 11 is 5.72. The summed E-state index contributed by atoms with van der Waals surface area (Å²) in [6, 6.07) is 7.45. The highest BCUT2D eigenvalue weighted by molar-refractivity contribution is 6.30. The maximum Gasteiger partial charge on any atom is 0.420 e. The first-order valence-corrected chi connectivity index (χ1v) is 6.93. The average molecular weight is 357 g/mol. The van der Waals surface area contributed by atoms with Gasteiger partial charge in [-0.3, -0.25) is 9.59 Å². The Balaban J connectivity index is 2.20. The first-order chi connectivity index (χ1) is 11.2. The summed E-state index contributed by atoms with van der Waals surface area (Å²) in [6.07, 6.45) is -4.72. The highest BCUT2D eigenvalue weighted by Gasteiger charge is 2.35. The predicted molar refractivity (Wildman–Crippen MR) is 81.7 cm³/mol. The van der Waals surface area contributed by atoms with Crippen LogP contribution < -0.4 is 15.9 Å². The van der Waals surface area contributed by atoms with Gasteiger partial charge in [-0.1, -0.05) is 11.6 Å². The van der Waals surface area contributed by atoms with Crippen LogP contribution in [0.2, 0.25) is 5.02 Å². The number of nitrogens with one attached hydrogen (secondary N) is 2. The van der Waals surface area contributed by atoms with Gasteiger partial charge in [0.2, 0.25) is 0 Å². The first-order valence-electron chi connectivity index (χ1n) is 6.55. The largest absolute Gasteiger partial charge is 0.457 e. The van der Waals surface area contributed by atoms with Gasteiger partial charge in [-0.2, -0.15) is 13.2 Å². The molecule has 3 rings (SSSR count). The summed E-state index contributed by atoms with van der Waals surface area (Å²) in [4.78, 5) is 26.9. The van der Waals surface area contributed by atoms with Crippen molar-refractivity contribution in [1.29, 1.82) is 0 Å². The molecule has 5 nitrogen and oxygen atoms in total. The fraction of sp³-hybridized carbons (Fsp3) is 0.0667. The maximum absolute atomic E-state index is 13.3. The zero-order valence-electron chi connectivity index (χ0n) is 11.7. The number of aromatic nitrogens is 2. The van der Waals surface area contributed by atoms with E-state index in [0.717, 1.165) is 6.07 Å². The van der Waals surface area contributed by atoms with Crippen molar-refractivity contribution >= 4 is 22.6 Å². The van der Waals surface area contributed by atoms with Gasteiger partial charge in [0, 0.05) is 11.1 Å². The second-order valence-corrected chi connectivity index (χ2v) is 5.29. The third-order valence-electron chi connectivity index (χ3n) is 3.17. The van der Waals surface area contributed by atoms with Gasteiger partial charge < -0.3 is 14.7 Å². The standard InChI is InChI=1S/C15H8ClF3N2O3/c16-7-1-3-8(4-2-7)24-12-6-11-10(5-9(12)15(17,18)19)20-13(22)14(23)21-11/h1-6H,(H,20,22)(H,21,23). The van der Waals surface area contributed by atoms with E-state index in [9.17, 15) is 22.8 Å². The molecule has 0 amide bonds. The molecule has 3 aromatic rings. The van der Waals surface area contributed by atoms with Crippen molar-refractivity contribution in [3.05, 3.63) is 67.7 Å². The van der Waals surface area contributed by atoms with Crippen molar-refractivity contribution in [2.45, 2.75) is 6.18 Å². The highest BCUT2D eigenvalue weighted by Crippen LogP contribution is 2.39. The van der Waals surface area contributed by atoms with Crippen LogP contribution in [0.15, 0.2) is 46.0 Å². The molecule has 0 spiro atoms. The number of halogens is 4.